The number of carbonyl (C=O) groups is 1. The van der Waals surface area contributed by atoms with Crippen LogP contribution in [0.4, 0.5) is 4.39 Å². The van der Waals surface area contributed by atoms with Crippen LogP contribution in [0.15, 0.2) is 36.7 Å². The Bertz CT molecular complexity index is 543. The van der Waals surface area contributed by atoms with Crippen molar-refractivity contribution in [3.63, 3.8) is 0 Å². The average Bonchev–Trinajstić information content (AvgIpc) is 2.90. The minimum atomic E-state index is -0.482. The number of likely N-dealkylation sites (N-methyl/N-ethyl adjacent to an activating group) is 1. The van der Waals surface area contributed by atoms with Crippen molar-refractivity contribution < 1.29 is 13.9 Å². The second-order valence-electron chi connectivity index (χ2n) is 4.00. The molecular weight excluding hydrogens is 249 g/mol. The van der Waals surface area contributed by atoms with Gasteiger partial charge in [0.2, 0.25) is 0 Å². The Morgan fingerprint density at radius 3 is 2.95 bits per heavy atom. The summed E-state index contributed by atoms with van der Waals surface area (Å²) in [5.41, 5.74) is 0. The number of amides is 1. The fourth-order valence-electron chi connectivity index (χ4n) is 1.51. The highest BCUT2D eigenvalue weighted by Crippen LogP contribution is 2.15. The zero-order chi connectivity index (χ0) is 13.7. The molecule has 0 saturated heterocycles. The summed E-state index contributed by atoms with van der Waals surface area (Å²) in [7, 11) is 1.63. The van der Waals surface area contributed by atoms with E-state index in [4.69, 9.17) is 4.74 Å². The summed E-state index contributed by atoms with van der Waals surface area (Å²) in [4.78, 5) is 20.2. The molecule has 2 rings (SSSR count). The molecule has 0 aliphatic carbocycles. The second kappa shape index (κ2) is 5.99. The highest BCUT2D eigenvalue weighted by Gasteiger charge is 2.12. The van der Waals surface area contributed by atoms with Crippen LogP contribution in [0.5, 0.6) is 5.75 Å². The third-order valence-electron chi connectivity index (χ3n) is 2.56. The number of ether oxygens (including phenoxy) is 1. The third kappa shape index (κ3) is 3.54. The molecule has 0 atom stereocenters. The lowest BCUT2D eigenvalue weighted by molar-refractivity contribution is -0.132. The smallest absolute Gasteiger partial charge is 0.260 e. The van der Waals surface area contributed by atoms with Gasteiger partial charge in [-0.1, -0.05) is 12.1 Å². The molecule has 0 unspecified atom stereocenters. The number of H-pyrrole nitrogens is 1. The van der Waals surface area contributed by atoms with Gasteiger partial charge >= 0.3 is 0 Å². The summed E-state index contributed by atoms with van der Waals surface area (Å²) < 4.78 is 18.4. The van der Waals surface area contributed by atoms with Crippen LogP contribution in [0.2, 0.25) is 0 Å². The number of rotatable bonds is 5. The Hall–Kier alpha value is -2.37. The molecular formula is C13H14FN3O2. The molecule has 6 heteroatoms. The third-order valence-corrected chi connectivity index (χ3v) is 2.56. The first-order valence-corrected chi connectivity index (χ1v) is 5.76. The van der Waals surface area contributed by atoms with Crippen LogP contribution in [0, 0.1) is 5.82 Å². The molecule has 0 spiro atoms. The van der Waals surface area contributed by atoms with E-state index in [0.29, 0.717) is 12.4 Å². The standard InChI is InChI=1S/C13H14FN3O2/c1-17(8-12-15-6-7-16-12)13(18)9-19-11-5-3-2-4-10(11)14/h2-7H,8-9H2,1H3,(H,15,16). The van der Waals surface area contributed by atoms with Crippen LogP contribution in [0.25, 0.3) is 0 Å². The number of imidazole rings is 1. The summed E-state index contributed by atoms with van der Waals surface area (Å²) in [5, 5.41) is 0. The summed E-state index contributed by atoms with van der Waals surface area (Å²) >= 11 is 0. The number of para-hydroxylation sites is 1. The van der Waals surface area contributed by atoms with Gasteiger partial charge in [-0.25, -0.2) is 9.37 Å². The van der Waals surface area contributed by atoms with Gasteiger partial charge in [-0.3, -0.25) is 4.79 Å². The van der Waals surface area contributed by atoms with Gasteiger partial charge in [0.1, 0.15) is 5.82 Å². The molecule has 1 aromatic heterocycles. The predicted molar refractivity (Wildman–Crippen MR) is 67.0 cm³/mol. The molecule has 0 fully saturated rings. The zero-order valence-corrected chi connectivity index (χ0v) is 10.5. The lowest BCUT2D eigenvalue weighted by Crippen LogP contribution is -2.31. The number of benzene rings is 1. The van der Waals surface area contributed by atoms with Crippen molar-refractivity contribution in [3.05, 3.63) is 48.3 Å². The Morgan fingerprint density at radius 2 is 2.26 bits per heavy atom. The Labute approximate surface area is 110 Å². The zero-order valence-electron chi connectivity index (χ0n) is 10.5. The first kappa shape index (κ1) is 13.1. The van der Waals surface area contributed by atoms with Gasteiger partial charge in [-0.15, -0.1) is 0 Å². The highest BCUT2D eigenvalue weighted by atomic mass is 19.1. The molecule has 0 saturated carbocycles. The van der Waals surface area contributed by atoms with Crippen molar-refractivity contribution in [3.8, 4) is 5.75 Å². The molecule has 1 N–H and O–H groups in total. The van der Waals surface area contributed by atoms with Crippen molar-refractivity contribution in [2.75, 3.05) is 13.7 Å². The van der Waals surface area contributed by atoms with Crippen LogP contribution in [0.1, 0.15) is 5.82 Å². The summed E-state index contributed by atoms with van der Waals surface area (Å²) in [6.07, 6.45) is 3.30. The van der Waals surface area contributed by atoms with E-state index in [1.165, 1.54) is 17.0 Å². The molecule has 0 radical (unpaired) electrons. The van der Waals surface area contributed by atoms with Crippen LogP contribution >= 0.6 is 0 Å². The highest BCUT2D eigenvalue weighted by molar-refractivity contribution is 5.77. The Balaban J connectivity index is 1.86. The van der Waals surface area contributed by atoms with Crippen LogP contribution in [-0.4, -0.2) is 34.4 Å². The van der Waals surface area contributed by atoms with Crippen molar-refractivity contribution >= 4 is 5.91 Å². The summed E-state index contributed by atoms with van der Waals surface area (Å²) in [6, 6.07) is 5.98. The molecule has 2 aromatic rings. The number of hydrogen-bond donors (Lipinski definition) is 1. The van der Waals surface area contributed by atoms with E-state index in [1.54, 1.807) is 31.6 Å². The lowest BCUT2D eigenvalue weighted by atomic mass is 10.3. The number of aromatic amines is 1. The maximum absolute atomic E-state index is 13.3. The molecule has 0 bridgehead atoms. The van der Waals surface area contributed by atoms with Crippen LogP contribution in [-0.2, 0) is 11.3 Å². The van der Waals surface area contributed by atoms with Crippen molar-refractivity contribution in [2.24, 2.45) is 0 Å². The monoisotopic (exact) mass is 263 g/mol. The molecule has 0 aliphatic heterocycles. The van der Waals surface area contributed by atoms with E-state index in [2.05, 4.69) is 9.97 Å². The average molecular weight is 263 g/mol. The van der Waals surface area contributed by atoms with Gasteiger partial charge in [0.05, 0.1) is 6.54 Å². The van der Waals surface area contributed by atoms with Crippen molar-refractivity contribution in [2.45, 2.75) is 6.54 Å². The minimum Gasteiger partial charge on any atom is -0.481 e. The first-order chi connectivity index (χ1) is 9.16. The number of nitrogens with zero attached hydrogens (tertiary/aromatic N) is 2. The van der Waals surface area contributed by atoms with Gasteiger partial charge in [0.15, 0.2) is 18.2 Å². The molecule has 1 amide bonds. The van der Waals surface area contributed by atoms with E-state index >= 15 is 0 Å². The fourth-order valence-corrected chi connectivity index (χ4v) is 1.51. The molecule has 1 aromatic carbocycles. The van der Waals surface area contributed by atoms with Crippen molar-refractivity contribution in [1.29, 1.82) is 0 Å². The number of carbonyl (C=O) groups excluding carboxylic acids is 1. The summed E-state index contributed by atoms with van der Waals surface area (Å²) in [6.45, 7) is 0.143. The van der Waals surface area contributed by atoms with Crippen molar-refractivity contribution in [1.82, 2.24) is 14.9 Å². The topological polar surface area (TPSA) is 58.2 Å². The second-order valence-corrected chi connectivity index (χ2v) is 4.00. The lowest BCUT2D eigenvalue weighted by Gasteiger charge is -2.16. The normalized spacial score (nSPS) is 10.2. The molecule has 19 heavy (non-hydrogen) atoms. The number of nitrogens with one attached hydrogen (secondary N) is 1. The van der Waals surface area contributed by atoms with Gasteiger partial charge in [-0.2, -0.15) is 0 Å². The fraction of sp³-hybridized carbons (Fsp3) is 0.231. The van der Waals surface area contributed by atoms with Gasteiger partial charge in [-0.05, 0) is 12.1 Å². The first-order valence-electron chi connectivity index (χ1n) is 5.76. The molecule has 0 aliphatic rings. The molecule has 1 heterocycles. The number of hydrogen-bond acceptors (Lipinski definition) is 3. The maximum atomic E-state index is 13.3. The quantitative estimate of drug-likeness (QED) is 0.891. The van der Waals surface area contributed by atoms with Crippen LogP contribution in [0.3, 0.4) is 0 Å². The van der Waals surface area contributed by atoms with E-state index in [-0.39, 0.29) is 18.3 Å². The van der Waals surface area contributed by atoms with E-state index in [1.807, 2.05) is 0 Å². The molecule has 5 nitrogen and oxygen atoms in total. The van der Waals surface area contributed by atoms with E-state index < -0.39 is 5.82 Å². The number of aromatic nitrogens is 2. The summed E-state index contributed by atoms with van der Waals surface area (Å²) in [5.74, 6) is 0.0210. The molecule has 100 valence electrons. The van der Waals surface area contributed by atoms with E-state index in [0.717, 1.165) is 0 Å². The Kier molecular flexibility index (Phi) is 4.12. The minimum absolute atomic E-state index is 0.0715. The van der Waals surface area contributed by atoms with Gasteiger partial charge in [0, 0.05) is 19.4 Å². The maximum Gasteiger partial charge on any atom is 0.260 e. The Morgan fingerprint density at radius 1 is 1.47 bits per heavy atom. The van der Waals surface area contributed by atoms with Crippen LogP contribution < -0.4 is 4.74 Å². The number of halogens is 1. The largest absolute Gasteiger partial charge is 0.481 e. The SMILES string of the molecule is CN(Cc1ncc[nH]1)C(=O)COc1ccccc1F. The van der Waals surface area contributed by atoms with Gasteiger partial charge < -0.3 is 14.6 Å². The predicted octanol–water partition coefficient (Wildman–Crippen LogP) is 1.59. The van der Waals surface area contributed by atoms with E-state index in [9.17, 15) is 9.18 Å². The van der Waals surface area contributed by atoms with Gasteiger partial charge in [0.25, 0.3) is 5.91 Å².